The van der Waals surface area contributed by atoms with E-state index in [1.807, 2.05) is 18.2 Å². The fourth-order valence-corrected chi connectivity index (χ4v) is 8.09. The number of amides is 1. The maximum Gasteiger partial charge on any atom is 0.306 e. The maximum atomic E-state index is 13.3. The lowest BCUT2D eigenvalue weighted by molar-refractivity contribution is -0.305. The van der Waals surface area contributed by atoms with E-state index in [1.54, 1.807) is 6.08 Å². The minimum absolute atomic E-state index is 0.0155. The van der Waals surface area contributed by atoms with Crippen molar-refractivity contribution in [2.45, 2.75) is 269 Å². The SMILES string of the molecule is CC/C=C/C/C=C/CCCCCCCCC(O)C(=O)NC(COC1OC(CO)C(O)C(O)C1OC(=O)CC/C=C/C/C=C\CCCCCCCC)C(O)/C=C/CCCCCCCCCCCC. The number of hydrogen-bond acceptors (Lipinski definition) is 10. The van der Waals surface area contributed by atoms with Crippen molar-refractivity contribution in [1.29, 1.82) is 0 Å². The van der Waals surface area contributed by atoms with Crippen molar-refractivity contribution in [2.75, 3.05) is 13.2 Å². The van der Waals surface area contributed by atoms with E-state index in [2.05, 4.69) is 62.5 Å². The Morgan fingerprint density at radius 1 is 0.597 bits per heavy atom. The van der Waals surface area contributed by atoms with E-state index < -0.39 is 67.4 Å². The highest BCUT2D eigenvalue weighted by molar-refractivity contribution is 5.80. The molecule has 67 heavy (non-hydrogen) atoms. The van der Waals surface area contributed by atoms with Gasteiger partial charge in [-0.3, -0.25) is 9.59 Å². The van der Waals surface area contributed by atoms with E-state index in [0.29, 0.717) is 12.8 Å². The molecule has 11 nitrogen and oxygen atoms in total. The lowest BCUT2D eigenvalue weighted by atomic mass is 9.99. The number of nitrogens with one attached hydrogen (secondary N) is 1. The molecule has 1 rings (SSSR count). The van der Waals surface area contributed by atoms with E-state index >= 15 is 0 Å². The number of allylic oxidation sites excluding steroid dienone is 9. The van der Waals surface area contributed by atoms with Crippen LogP contribution in [0, 0.1) is 0 Å². The summed E-state index contributed by atoms with van der Waals surface area (Å²) < 4.78 is 17.4. The molecule has 0 aromatic rings. The number of aliphatic hydroxyl groups excluding tert-OH is 5. The second-order valence-electron chi connectivity index (χ2n) is 18.6. The number of rotatable bonds is 44. The number of hydrogen-bond donors (Lipinski definition) is 6. The average molecular weight is 946 g/mol. The lowest BCUT2D eigenvalue weighted by Gasteiger charge is -2.41. The van der Waals surface area contributed by atoms with Crippen molar-refractivity contribution >= 4 is 11.9 Å². The summed E-state index contributed by atoms with van der Waals surface area (Å²) in [5.74, 6) is -1.28. The second kappa shape index (κ2) is 44.6. The standard InChI is InChI=1S/C56H99NO10/c1-4-7-10-13-16-19-22-25-28-31-34-37-40-43-49(60)55(64)57-47(48(59)42-39-36-33-30-27-24-21-18-15-12-9-6-3)46-65-56-54(53(63)52(62)50(45-58)66-56)67-51(61)44-41-38-35-32-29-26-23-20-17-14-11-8-5-2/h7,10,16,19,26,29,35,38-39,42,47-50,52-54,56,58-60,62-63H,4-6,8-9,11-15,17-18,20-25,27-28,30-34,36-37,40-41,43-46H2,1-3H3,(H,57,64)/b10-7+,19-16+,29-26-,38-35+,42-39+. The third-order valence-electron chi connectivity index (χ3n) is 12.4. The Kier molecular flexibility index (Phi) is 41.5. The van der Waals surface area contributed by atoms with Gasteiger partial charge in [0.15, 0.2) is 12.4 Å². The first kappa shape index (κ1) is 62.4. The molecule has 0 aliphatic carbocycles. The summed E-state index contributed by atoms with van der Waals surface area (Å²) in [6.07, 6.45) is 42.9. The zero-order valence-electron chi connectivity index (χ0n) is 42.5. The summed E-state index contributed by atoms with van der Waals surface area (Å²) in [7, 11) is 0. The van der Waals surface area contributed by atoms with E-state index in [1.165, 1.54) is 89.9 Å². The van der Waals surface area contributed by atoms with E-state index in [-0.39, 0.29) is 19.4 Å². The van der Waals surface area contributed by atoms with Crippen LogP contribution in [-0.2, 0) is 23.8 Å². The van der Waals surface area contributed by atoms with Crippen LogP contribution >= 0.6 is 0 Å². The number of aliphatic hydroxyl groups is 5. The van der Waals surface area contributed by atoms with Crippen molar-refractivity contribution in [3.63, 3.8) is 0 Å². The molecule has 1 heterocycles. The highest BCUT2D eigenvalue weighted by Crippen LogP contribution is 2.26. The van der Waals surface area contributed by atoms with Gasteiger partial charge in [0, 0.05) is 6.42 Å². The monoisotopic (exact) mass is 946 g/mol. The number of carbonyl (C=O) groups is 2. The van der Waals surface area contributed by atoms with Gasteiger partial charge in [0.2, 0.25) is 5.91 Å². The van der Waals surface area contributed by atoms with Crippen molar-refractivity contribution in [3.8, 4) is 0 Å². The van der Waals surface area contributed by atoms with Crippen molar-refractivity contribution in [3.05, 3.63) is 60.8 Å². The zero-order valence-corrected chi connectivity index (χ0v) is 42.5. The summed E-state index contributed by atoms with van der Waals surface area (Å²) in [6, 6.07) is -1.04. The van der Waals surface area contributed by atoms with Gasteiger partial charge in [-0.1, -0.05) is 204 Å². The third kappa shape index (κ3) is 33.5. The van der Waals surface area contributed by atoms with Crippen LogP contribution in [0.3, 0.4) is 0 Å². The van der Waals surface area contributed by atoms with Gasteiger partial charge < -0.3 is 45.1 Å². The van der Waals surface area contributed by atoms with Crippen LogP contribution in [0.2, 0.25) is 0 Å². The summed E-state index contributed by atoms with van der Waals surface area (Å²) >= 11 is 0. The van der Waals surface area contributed by atoms with Crippen LogP contribution < -0.4 is 5.32 Å². The van der Waals surface area contributed by atoms with E-state index in [4.69, 9.17) is 14.2 Å². The van der Waals surface area contributed by atoms with Gasteiger partial charge in [0.25, 0.3) is 0 Å². The average Bonchev–Trinajstić information content (AvgIpc) is 3.32. The van der Waals surface area contributed by atoms with E-state index in [9.17, 15) is 35.1 Å². The molecule has 388 valence electrons. The van der Waals surface area contributed by atoms with Crippen LogP contribution in [0.1, 0.15) is 220 Å². The summed E-state index contributed by atoms with van der Waals surface area (Å²) in [6.45, 7) is 5.60. The fourth-order valence-electron chi connectivity index (χ4n) is 8.09. The summed E-state index contributed by atoms with van der Waals surface area (Å²) in [5, 5.41) is 56.6. The number of unbranched alkanes of at least 4 members (excludes halogenated alkanes) is 22. The molecular weight excluding hydrogens is 847 g/mol. The molecule has 0 spiro atoms. The molecule has 0 aromatic heterocycles. The number of ether oxygens (including phenoxy) is 3. The van der Waals surface area contributed by atoms with Gasteiger partial charge in [-0.2, -0.15) is 0 Å². The van der Waals surface area contributed by atoms with Crippen molar-refractivity contribution in [1.82, 2.24) is 5.32 Å². The number of esters is 1. The minimum atomic E-state index is -1.64. The molecule has 0 bridgehead atoms. The molecule has 1 saturated heterocycles. The Bertz CT molecular complexity index is 1320. The van der Waals surface area contributed by atoms with Crippen LogP contribution in [0.4, 0.5) is 0 Å². The molecule has 1 aliphatic rings. The Hall–Kier alpha value is -2.64. The molecule has 11 heteroatoms. The summed E-state index contributed by atoms with van der Waals surface area (Å²) in [4.78, 5) is 26.3. The second-order valence-corrected chi connectivity index (χ2v) is 18.6. The first-order valence-electron chi connectivity index (χ1n) is 27.1. The fraction of sp³-hybridized carbons (Fsp3) is 0.786. The minimum Gasteiger partial charge on any atom is -0.454 e. The Balaban J connectivity index is 2.81. The van der Waals surface area contributed by atoms with Crippen molar-refractivity contribution < 1.29 is 49.3 Å². The zero-order chi connectivity index (χ0) is 49.0. The lowest BCUT2D eigenvalue weighted by Crippen LogP contribution is -2.61. The van der Waals surface area contributed by atoms with Crippen LogP contribution in [0.15, 0.2) is 60.8 Å². The van der Waals surface area contributed by atoms with Crippen LogP contribution in [-0.4, -0.2) is 99.6 Å². The van der Waals surface area contributed by atoms with Gasteiger partial charge >= 0.3 is 5.97 Å². The van der Waals surface area contributed by atoms with Crippen molar-refractivity contribution in [2.24, 2.45) is 0 Å². The normalized spacial score (nSPS) is 20.5. The molecule has 0 saturated carbocycles. The quantitative estimate of drug-likeness (QED) is 0.0196. The molecule has 0 aromatic carbocycles. The third-order valence-corrected chi connectivity index (χ3v) is 12.4. The Labute approximate surface area is 408 Å². The van der Waals surface area contributed by atoms with Crippen LogP contribution in [0.25, 0.3) is 0 Å². The first-order chi connectivity index (χ1) is 32.7. The predicted molar refractivity (Wildman–Crippen MR) is 273 cm³/mol. The Morgan fingerprint density at radius 2 is 1.07 bits per heavy atom. The molecule has 1 amide bonds. The van der Waals surface area contributed by atoms with Gasteiger partial charge in [0.1, 0.15) is 24.4 Å². The topological polar surface area (TPSA) is 175 Å². The maximum absolute atomic E-state index is 13.3. The van der Waals surface area contributed by atoms with E-state index in [0.717, 1.165) is 83.5 Å². The number of carbonyl (C=O) groups excluding carboxylic acids is 2. The smallest absolute Gasteiger partial charge is 0.306 e. The highest BCUT2D eigenvalue weighted by atomic mass is 16.7. The molecule has 0 radical (unpaired) electrons. The predicted octanol–water partition coefficient (Wildman–Crippen LogP) is 11.5. The van der Waals surface area contributed by atoms with Gasteiger partial charge in [-0.05, 0) is 70.6 Å². The highest BCUT2D eigenvalue weighted by Gasteiger charge is 2.47. The Morgan fingerprint density at radius 3 is 1.60 bits per heavy atom. The molecule has 6 N–H and O–H groups in total. The summed E-state index contributed by atoms with van der Waals surface area (Å²) in [5.41, 5.74) is 0. The molecule has 8 unspecified atom stereocenters. The van der Waals surface area contributed by atoms with Gasteiger partial charge in [0.05, 0.1) is 25.4 Å². The molecule has 8 atom stereocenters. The van der Waals surface area contributed by atoms with Gasteiger partial charge in [-0.25, -0.2) is 0 Å². The molecule has 1 aliphatic heterocycles. The molecule has 1 fully saturated rings. The largest absolute Gasteiger partial charge is 0.454 e. The molecular formula is C56H99NO10. The van der Waals surface area contributed by atoms with Crippen LogP contribution in [0.5, 0.6) is 0 Å². The first-order valence-corrected chi connectivity index (χ1v) is 27.1. The van der Waals surface area contributed by atoms with Gasteiger partial charge in [-0.15, -0.1) is 0 Å².